The molecule has 2 nitrogen and oxygen atoms in total. The molecule has 18 heavy (non-hydrogen) atoms. The summed E-state index contributed by atoms with van der Waals surface area (Å²) in [6, 6.07) is 8.89. The maximum Gasteiger partial charge on any atom is 0.223 e. The Kier molecular flexibility index (Phi) is 4.65. The van der Waals surface area contributed by atoms with E-state index < -0.39 is 0 Å². The minimum Gasteiger partial charge on any atom is -0.335 e. The van der Waals surface area contributed by atoms with E-state index in [1.165, 1.54) is 11.1 Å². The van der Waals surface area contributed by atoms with E-state index in [1.54, 1.807) is 0 Å². The van der Waals surface area contributed by atoms with Gasteiger partial charge in [-0.15, -0.1) is 11.6 Å². The Bertz CT molecular complexity index is 397. The zero-order valence-electron chi connectivity index (χ0n) is 10.9. The first kappa shape index (κ1) is 13.4. The van der Waals surface area contributed by atoms with Crippen molar-refractivity contribution in [2.24, 2.45) is 0 Å². The van der Waals surface area contributed by atoms with Crippen molar-refractivity contribution in [3.05, 3.63) is 35.4 Å². The zero-order valence-corrected chi connectivity index (χ0v) is 11.6. The number of rotatable bonds is 6. The fraction of sp³-hybridized carbons (Fsp3) is 0.533. The molecule has 1 aliphatic rings. The molecule has 2 rings (SSSR count). The van der Waals surface area contributed by atoms with E-state index in [9.17, 15) is 4.79 Å². The summed E-state index contributed by atoms with van der Waals surface area (Å²) in [5.41, 5.74) is 2.47. The molecule has 0 unspecified atom stereocenters. The first-order valence-electron chi connectivity index (χ1n) is 6.61. The largest absolute Gasteiger partial charge is 0.335 e. The van der Waals surface area contributed by atoms with Crippen LogP contribution in [-0.4, -0.2) is 22.7 Å². The number of benzene rings is 1. The van der Waals surface area contributed by atoms with Crippen LogP contribution < -0.4 is 0 Å². The van der Waals surface area contributed by atoms with E-state index in [0.29, 0.717) is 18.3 Å². The van der Waals surface area contributed by atoms with Gasteiger partial charge in [-0.05, 0) is 31.7 Å². The summed E-state index contributed by atoms with van der Waals surface area (Å²) >= 11 is 5.65. The lowest BCUT2D eigenvalue weighted by molar-refractivity contribution is -0.132. The van der Waals surface area contributed by atoms with Crippen LogP contribution >= 0.6 is 11.6 Å². The minimum atomic E-state index is 0.249. The summed E-state index contributed by atoms with van der Waals surface area (Å²) in [4.78, 5) is 14.1. The van der Waals surface area contributed by atoms with Gasteiger partial charge in [0.1, 0.15) is 0 Å². The summed E-state index contributed by atoms with van der Waals surface area (Å²) < 4.78 is 0. The third kappa shape index (κ3) is 3.74. The Morgan fingerprint density at radius 2 is 2.00 bits per heavy atom. The first-order chi connectivity index (χ1) is 8.70. The summed E-state index contributed by atoms with van der Waals surface area (Å²) in [6.07, 6.45) is 3.65. The number of amides is 1. The molecule has 1 aromatic rings. The van der Waals surface area contributed by atoms with Crippen molar-refractivity contribution in [3.63, 3.8) is 0 Å². The fourth-order valence-electron chi connectivity index (χ4n) is 2.06. The van der Waals surface area contributed by atoms with Crippen molar-refractivity contribution in [2.45, 2.75) is 45.2 Å². The van der Waals surface area contributed by atoms with Crippen molar-refractivity contribution < 1.29 is 4.79 Å². The van der Waals surface area contributed by atoms with Gasteiger partial charge in [-0.2, -0.15) is 0 Å². The summed E-state index contributed by atoms with van der Waals surface area (Å²) in [5, 5.41) is 0. The van der Waals surface area contributed by atoms with Gasteiger partial charge in [0.2, 0.25) is 5.91 Å². The molecule has 0 saturated heterocycles. The molecule has 1 amide bonds. The number of hydrogen-bond acceptors (Lipinski definition) is 1. The molecule has 0 aromatic heterocycles. The highest BCUT2D eigenvalue weighted by Gasteiger charge is 2.31. The van der Waals surface area contributed by atoms with Crippen molar-refractivity contribution in [2.75, 3.05) is 5.88 Å². The maximum absolute atomic E-state index is 12.1. The normalized spacial score (nSPS) is 14.6. The standard InChI is InChI=1S/C15H20ClNO/c1-12-4-6-13(7-5-12)11-17(14-8-9-14)15(18)3-2-10-16/h4-7,14H,2-3,8-11H2,1H3. The smallest absolute Gasteiger partial charge is 0.223 e. The van der Waals surface area contributed by atoms with E-state index in [4.69, 9.17) is 11.6 Å². The van der Waals surface area contributed by atoms with E-state index in [-0.39, 0.29) is 5.91 Å². The Labute approximate surface area is 114 Å². The molecule has 1 saturated carbocycles. The highest BCUT2D eigenvalue weighted by Crippen LogP contribution is 2.29. The molecular formula is C15H20ClNO. The van der Waals surface area contributed by atoms with Crippen molar-refractivity contribution in [1.29, 1.82) is 0 Å². The Morgan fingerprint density at radius 3 is 2.56 bits per heavy atom. The molecule has 0 aliphatic heterocycles. The number of alkyl halides is 1. The van der Waals surface area contributed by atoms with Gasteiger partial charge in [-0.3, -0.25) is 4.79 Å². The lowest BCUT2D eigenvalue weighted by Gasteiger charge is -2.22. The second-order valence-electron chi connectivity index (χ2n) is 5.03. The lowest BCUT2D eigenvalue weighted by Crippen LogP contribution is -2.32. The average molecular weight is 266 g/mol. The number of halogens is 1. The number of aryl methyl sites for hydroxylation is 1. The van der Waals surface area contributed by atoms with Gasteiger partial charge in [-0.25, -0.2) is 0 Å². The molecule has 3 heteroatoms. The maximum atomic E-state index is 12.1. The van der Waals surface area contributed by atoms with Crippen molar-refractivity contribution in [1.82, 2.24) is 4.90 Å². The second kappa shape index (κ2) is 6.24. The lowest BCUT2D eigenvalue weighted by atomic mass is 10.1. The Balaban J connectivity index is 1.97. The molecule has 1 aromatic carbocycles. The number of carbonyl (C=O) groups is 1. The van der Waals surface area contributed by atoms with Crippen LogP contribution in [0.4, 0.5) is 0 Å². The van der Waals surface area contributed by atoms with Crippen LogP contribution in [0.15, 0.2) is 24.3 Å². The van der Waals surface area contributed by atoms with Crippen LogP contribution in [0.2, 0.25) is 0 Å². The molecule has 0 spiro atoms. The molecule has 1 aliphatic carbocycles. The topological polar surface area (TPSA) is 20.3 Å². The monoisotopic (exact) mass is 265 g/mol. The molecular weight excluding hydrogens is 246 g/mol. The van der Waals surface area contributed by atoms with Gasteiger partial charge in [0.15, 0.2) is 0 Å². The van der Waals surface area contributed by atoms with Crippen LogP contribution in [0.5, 0.6) is 0 Å². The highest BCUT2D eigenvalue weighted by atomic mass is 35.5. The average Bonchev–Trinajstić information content (AvgIpc) is 3.19. The second-order valence-corrected chi connectivity index (χ2v) is 5.41. The third-order valence-corrected chi connectivity index (χ3v) is 3.57. The summed E-state index contributed by atoms with van der Waals surface area (Å²) in [5.74, 6) is 0.813. The minimum absolute atomic E-state index is 0.249. The van der Waals surface area contributed by atoms with E-state index in [0.717, 1.165) is 25.8 Å². The summed E-state index contributed by atoms with van der Waals surface area (Å²) in [6.45, 7) is 2.82. The Morgan fingerprint density at radius 1 is 1.33 bits per heavy atom. The van der Waals surface area contributed by atoms with E-state index in [1.807, 2.05) is 4.90 Å². The molecule has 0 atom stereocenters. The van der Waals surface area contributed by atoms with E-state index in [2.05, 4.69) is 31.2 Å². The van der Waals surface area contributed by atoms with Gasteiger partial charge >= 0.3 is 0 Å². The van der Waals surface area contributed by atoms with Crippen LogP contribution in [0, 0.1) is 6.92 Å². The number of nitrogens with zero attached hydrogens (tertiary/aromatic N) is 1. The number of hydrogen-bond donors (Lipinski definition) is 0. The first-order valence-corrected chi connectivity index (χ1v) is 7.15. The van der Waals surface area contributed by atoms with Crippen LogP contribution in [0.1, 0.15) is 36.8 Å². The zero-order chi connectivity index (χ0) is 13.0. The van der Waals surface area contributed by atoms with Gasteiger partial charge < -0.3 is 4.90 Å². The molecule has 0 N–H and O–H groups in total. The predicted octanol–water partition coefficient (Wildman–Crippen LogP) is 3.51. The summed E-state index contributed by atoms with van der Waals surface area (Å²) in [7, 11) is 0. The van der Waals surface area contributed by atoms with E-state index >= 15 is 0 Å². The molecule has 0 heterocycles. The van der Waals surface area contributed by atoms with Gasteiger partial charge in [0, 0.05) is 24.9 Å². The van der Waals surface area contributed by atoms with Crippen molar-refractivity contribution >= 4 is 17.5 Å². The van der Waals surface area contributed by atoms with Gasteiger partial charge in [0.25, 0.3) is 0 Å². The van der Waals surface area contributed by atoms with Gasteiger partial charge in [0.05, 0.1) is 0 Å². The van der Waals surface area contributed by atoms with Crippen LogP contribution in [0.3, 0.4) is 0 Å². The molecule has 98 valence electrons. The predicted molar refractivity (Wildman–Crippen MR) is 74.7 cm³/mol. The quantitative estimate of drug-likeness (QED) is 0.721. The SMILES string of the molecule is Cc1ccc(CN(C(=O)CCCCl)C2CC2)cc1. The van der Waals surface area contributed by atoms with Gasteiger partial charge in [-0.1, -0.05) is 29.8 Å². The molecule has 0 radical (unpaired) electrons. The highest BCUT2D eigenvalue weighted by molar-refractivity contribution is 6.17. The Hall–Kier alpha value is -1.02. The van der Waals surface area contributed by atoms with Crippen LogP contribution in [0.25, 0.3) is 0 Å². The molecule has 1 fully saturated rings. The fourth-order valence-corrected chi connectivity index (χ4v) is 2.19. The molecule has 0 bridgehead atoms. The third-order valence-electron chi connectivity index (χ3n) is 3.31. The van der Waals surface area contributed by atoms with Crippen molar-refractivity contribution in [3.8, 4) is 0 Å². The van der Waals surface area contributed by atoms with Crippen LogP contribution in [-0.2, 0) is 11.3 Å². The number of carbonyl (C=O) groups excluding carboxylic acids is 1.